The van der Waals surface area contributed by atoms with Crippen molar-refractivity contribution < 1.29 is 14.3 Å². The molecule has 0 spiro atoms. The van der Waals surface area contributed by atoms with Gasteiger partial charge in [0.1, 0.15) is 0 Å². The van der Waals surface area contributed by atoms with Gasteiger partial charge in [-0.05, 0) is 79.5 Å². The second-order valence-corrected chi connectivity index (χ2v) is 7.68. The fourth-order valence-corrected chi connectivity index (χ4v) is 4.89. The Morgan fingerprint density at radius 3 is 2.79 bits per heavy atom. The van der Waals surface area contributed by atoms with E-state index in [0.717, 1.165) is 24.4 Å². The van der Waals surface area contributed by atoms with Crippen LogP contribution in [0.2, 0.25) is 0 Å². The summed E-state index contributed by atoms with van der Waals surface area (Å²) in [6.45, 7) is -0.184. The van der Waals surface area contributed by atoms with Crippen LogP contribution >= 0.6 is 0 Å². The minimum Gasteiger partial charge on any atom is -0.456 e. The zero-order valence-electron chi connectivity index (χ0n) is 14.1. The molecule has 3 aliphatic carbocycles. The third-order valence-electron chi connectivity index (χ3n) is 6.06. The summed E-state index contributed by atoms with van der Waals surface area (Å²) in [5.74, 6) is 1.54. The van der Waals surface area contributed by atoms with E-state index in [4.69, 9.17) is 4.74 Å². The molecule has 1 aromatic rings. The fourth-order valence-electron chi connectivity index (χ4n) is 4.89. The number of fused-ring (bicyclic) bond motifs is 3. The van der Waals surface area contributed by atoms with Crippen LogP contribution in [0.3, 0.4) is 0 Å². The number of anilines is 1. The fraction of sp³-hybridized carbons (Fsp3) is 0.600. The van der Waals surface area contributed by atoms with Gasteiger partial charge in [0.05, 0.1) is 0 Å². The maximum absolute atomic E-state index is 12.0. The highest BCUT2D eigenvalue weighted by molar-refractivity contribution is 5.92. The predicted octanol–water partition coefficient (Wildman–Crippen LogP) is 3.48. The lowest BCUT2D eigenvalue weighted by Crippen LogP contribution is -2.23. The number of rotatable bonds is 5. The first-order valence-electron chi connectivity index (χ1n) is 9.24. The summed E-state index contributed by atoms with van der Waals surface area (Å²) in [6, 6.07) is 6.05. The van der Waals surface area contributed by atoms with Gasteiger partial charge in [-0.15, -0.1) is 0 Å². The molecule has 0 saturated heterocycles. The highest BCUT2D eigenvalue weighted by atomic mass is 16.5. The van der Waals surface area contributed by atoms with Gasteiger partial charge >= 0.3 is 5.97 Å². The molecule has 1 N–H and O–H groups in total. The Morgan fingerprint density at radius 1 is 1.12 bits per heavy atom. The Hall–Kier alpha value is -1.84. The summed E-state index contributed by atoms with van der Waals surface area (Å²) in [5, 5.41) is 2.83. The van der Waals surface area contributed by atoms with Gasteiger partial charge in [0.25, 0.3) is 5.91 Å². The number of hydrogen-bond donors (Lipinski definition) is 1. The van der Waals surface area contributed by atoms with Gasteiger partial charge < -0.3 is 10.1 Å². The van der Waals surface area contributed by atoms with E-state index in [2.05, 4.69) is 11.4 Å². The summed E-state index contributed by atoms with van der Waals surface area (Å²) >= 11 is 0. The molecule has 1 amide bonds. The molecule has 0 aliphatic heterocycles. The van der Waals surface area contributed by atoms with Gasteiger partial charge in [-0.25, -0.2) is 0 Å². The first-order chi connectivity index (χ1) is 11.7. The Kier molecular flexibility index (Phi) is 4.30. The van der Waals surface area contributed by atoms with E-state index in [-0.39, 0.29) is 18.5 Å². The molecule has 4 rings (SSSR count). The molecular weight excluding hydrogens is 302 g/mol. The molecule has 0 heterocycles. The third-order valence-corrected chi connectivity index (χ3v) is 6.06. The van der Waals surface area contributed by atoms with E-state index in [1.807, 2.05) is 12.1 Å². The Bertz CT molecular complexity index is 654. The van der Waals surface area contributed by atoms with Crippen molar-refractivity contribution in [2.24, 2.45) is 17.8 Å². The normalized spacial score (nSPS) is 27.1. The quantitative estimate of drug-likeness (QED) is 0.842. The number of aryl methyl sites for hydroxylation is 2. The van der Waals surface area contributed by atoms with Crippen molar-refractivity contribution in [3.63, 3.8) is 0 Å². The molecule has 3 atom stereocenters. The third kappa shape index (κ3) is 3.33. The lowest BCUT2D eigenvalue weighted by Gasteiger charge is -2.20. The largest absolute Gasteiger partial charge is 0.456 e. The Morgan fingerprint density at radius 2 is 2.00 bits per heavy atom. The number of carbonyl (C=O) groups excluding carboxylic acids is 2. The topological polar surface area (TPSA) is 55.4 Å². The van der Waals surface area contributed by atoms with Crippen LogP contribution < -0.4 is 5.32 Å². The molecule has 0 unspecified atom stereocenters. The molecule has 4 heteroatoms. The van der Waals surface area contributed by atoms with Crippen LogP contribution in [0.15, 0.2) is 18.2 Å². The molecule has 3 aliphatic rings. The van der Waals surface area contributed by atoms with E-state index in [1.54, 1.807) is 0 Å². The van der Waals surface area contributed by atoms with Crippen LogP contribution in [0.4, 0.5) is 5.69 Å². The summed E-state index contributed by atoms with van der Waals surface area (Å²) in [5.41, 5.74) is 3.50. The van der Waals surface area contributed by atoms with Gasteiger partial charge in [-0.3, -0.25) is 9.59 Å². The molecule has 2 bridgehead atoms. The van der Waals surface area contributed by atoms with Gasteiger partial charge in [0.2, 0.25) is 0 Å². The molecule has 4 nitrogen and oxygen atoms in total. The lowest BCUT2D eigenvalue weighted by atomic mass is 9.86. The monoisotopic (exact) mass is 327 g/mol. The van der Waals surface area contributed by atoms with Crippen molar-refractivity contribution in [2.75, 3.05) is 11.9 Å². The summed E-state index contributed by atoms with van der Waals surface area (Å²) in [6.07, 6.45) is 8.93. The zero-order chi connectivity index (χ0) is 16.5. The number of esters is 1. The molecule has 1 aromatic carbocycles. The van der Waals surface area contributed by atoms with Crippen LogP contribution in [-0.2, 0) is 27.2 Å². The molecule has 0 radical (unpaired) electrons. The van der Waals surface area contributed by atoms with Crippen molar-refractivity contribution >= 4 is 17.6 Å². The van der Waals surface area contributed by atoms with Crippen molar-refractivity contribution in [2.45, 2.75) is 51.4 Å². The molecule has 2 saturated carbocycles. The van der Waals surface area contributed by atoms with Gasteiger partial charge in [-0.2, -0.15) is 0 Å². The summed E-state index contributed by atoms with van der Waals surface area (Å²) in [4.78, 5) is 24.0. The standard InChI is InChI=1S/C20H25NO3/c22-19(21-18-7-6-14-2-1-3-15(14)10-18)12-24-20(23)11-17-9-13-4-5-16(17)8-13/h6-7,10,13,16-17H,1-5,8-9,11-12H2,(H,21,22)/t13-,16+,17-/m0/s1. The maximum atomic E-state index is 12.0. The number of benzene rings is 1. The van der Waals surface area contributed by atoms with E-state index >= 15 is 0 Å². The molecule has 2 fully saturated rings. The van der Waals surface area contributed by atoms with Gasteiger partial charge in [0.15, 0.2) is 6.61 Å². The highest BCUT2D eigenvalue weighted by Crippen LogP contribution is 2.49. The van der Waals surface area contributed by atoms with Crippen LogP contribution in [0.1, 0.15) is 49.7 Å². The second-order valence-electron chi connectivity index (χ2n) is 7.68. The van der Waals surface area contributed by atoms with E-state index in [1.165, 1.54) is 43.2 Å². The minimum atomic E-state index is -0.255. The van der Waals surface area contributed by atoms with Crippen molar-refractivity contribution in [3.05, 3.63) is 29.3 Å². The molecular formula is C20H25NO3. The number of hydrogen-bond acceptors (Lipinski definition) is 3. The van der Waals surface area contributed by atoms with Gasteiger partial charge in [0, 0.05) is 12.1 Å². The van der Waals surface area contributed by atoms with Crippen LogP contribution in [0.25, 0.3) is 0 Å². The van der Waals surface area contributed by atoms with Crippen molar-refractivity contribution in [1.82, 2.24) is 0 Å². The molecule has 128 valence electrons. The number of ether oxygens (including phenoxy) is 1. The van der Waals surface area contributed by atoms with Gasteiger partial charge in [-0.1, -0.05) is 12.5 Å². The van der Waals surface area contributed by atoms with Crippen LogP contribution in [-0.4, -0.2) is 18.5 Å². The molecule has 24 heavy (non-hydrogen) atoms. The lowest BCUT2D eigenvalue weighted by molar-refractivity contribution is -0.148. The second kappa shape index (κ2) is 6.58. The van der Waals surface area contributed by atoms with E-state index in [9.17, 15) is 9.59 Å². The number of amides is 1. The van der Waals surface area contributed by atoms with E-state index in [0.29, 0.717) is 18.3 Å². The summed E-state index contributed by atoms with van der Waals surface area (Å²) < 4.78 is 5.19. The predicted molar refractivity (Wildman–Crippen MR) is 91.6 cm³/mol. The smallest absolute Gasteiger partial charge is 0.306 e. The number of nitrogens with one attached hydrogen (secondary N) is 1. The average molecular weight is 327 g/mol. The zero-order valence-corrected chi connectivity index (χ0v) is 14.1. The first-order valence-corrected chi connectivity index (χ1v) is 9.24. The highest BCUT2D eigenvalue weighted by Gasteiger charge is 2.40. The minimum absolute atomic E-state index is 0.184. The Balaban J connectivity index is 1.22. The first kappa shape index (κ1) is 15.7. The van der Waals surface area contributed by atoms with Crippen molar-refractivity contribution in [1.29, 1.82) is 0 Å². The average Bonchev–Trinajstić information content (AvgIpc) is 3.28. The SMILES string of the molecule is O=C(COC(=O)C[C@@H]1C[C@H]2CC[C@@H]1C2)Nc1ccc2c(c1)CCC2. The summed E-state index contributed by atoms with van der Waals surface area (Å²) in [7, 11) is 0. The molecule has 0 aromatic heterocycles. The van der Waals surface area contributed by atoms with E-state index < -0.39 is 0 Å². The Labute approximate surface area is 143 Å². The van der Waals surface area contributed by atoms with Crippen LogP contribution in [0, 0.1) is 17.8 Å². The van der Waals surface area contributed by atoms with Crippen molar-refractivity contribution in [3.8, 4) is 0 Å². The number of carbonyl (C=O) groups is 2. The van der Waals surface area contributed by atoms with Crippen LogP contribution in [0.5, 0.6) is 0 Å². The maximum Gasteiger partial charge on any atom is 0.306 e.